The van der Waals surface area contributed by atoms with Crippen molar-refractivity contribution in [3.05, 3.63) is 180 Å². The molecule has 0 spiro atoms. The maximum Gasteiger partial charge on any atom is 0.200 e. The van der Waals surface area contributed by atoms with E-state index in [2.05, 4.69) is 110 Å². The van der Waals surface area contributed by atoms with Gasteiger partial charge >= 0.3 is 0 Å². The summed E-state index contributed by atoms with van der Waals surface area (Å²) in [6, 6.07) is 50.7. The summed E-state index contributed by atoms with van der Waals surface area (Å²) in [5, 5.41) is 6.75. The molecule has 2 aliphatic rings. The molecule has 0 N–H and O–H groups in total. The van der Waals surface area contributed by atoms with Crippen LogP contribution in [-0.2, 0) is 5.41 Å². The highest BCUT2D eigenvalue weighted by Crippen LogP contribution is 2.62. The molecular formula is C54H38F5N. The molecular weight excluding hydrogens is 758 g/mol. The maximum absolute atomic E-state index is 15.8. The number of rotatable bonds is 5. The molecule has 9 aromatic rings. The third kappa shape index (κ3) is 4.97. The van der Waals surface area contributed by atoms with Crippen molar-refractivity contribution in [1.82, 2.24) is 0 Å². The molecule has 1 fully saturated rings. The van der Waals surface area contributed by atoms with Crippen LogP contribution in [0.25, 0.3) is 76.8 Å². The number of anilines is 2. The van der Waals surface area contributed by atoms with E-state index in [9.17, 15) is 13.2 Å². The van der Waals surface area contributed by atoms with Crippen LogP contribution in [-0.4, -0.2) is 5.54 Å². The van der Waals surface area contributed by atoms with E-state index in [-0.39, 0.29) is 0 Å². The molecule has 0 radical (unpaired) electrons. The molecule has 0 bridgehead atoms. The zero-order valence-corrected chi connectivity index (χ0v) is 33.0. The smallest absolute Gasteiger partial charge is 0.200 e. The van der Waals surface area contributed by atoms with Gasteiger partial charge in [0.25, 0.3) is 0 Å². The van der Waals surface area contributed by atoms with Crippen LogP contribution in [0.4, 0.5) is 33.3 Å². The molecule has 60 heavy (non-hydrogen) atoms. The van der Waals surface area contributed by atoms with Gasteiger partial charge in [-0.1, -0.05) is 141 Å². The fourth-order valence-electron chi connectivity index (χ4n) is 10.8. The Balaban J connectivity index is 1.23. The summed E-state index contributed by atoms with van der Waals surface area (Å²) >= 11 is 0. The summed E-state index contributed by atoms with van der Waals surface area (Å²) in [6.45, 7) is 3.98. The average Bonchev–Trinajstić information content (AvgIpc) is 3.49. The van der Waals surface area contributed by atoms with Crippen LogP contribution in [0.2, 0.25) is 0 Å². The number of hydrogen-bond donors (Lipinski definition) is 0. The van der Waals surface area contributed by atoms with Gasteiger partial charge in [0.15, 0.2) is 23.3 Å². The van der Waals surface area contributed by atoms with Gasteiger partial charge in [-0.25, -0.2) is 22.0 Å². The van der Waals surface area contributed by atoms with Gasteiger partial charge in [0, 0.05) is 11.1 Å². The van der Waals surface area contributed by atoms with Crippen molar-refractivity contribution in [2.45, 2.75) is 50.5 Å². The fourth-order valence-corrected chi connectivity index (χ4v) is 10.8. The van der Waals surface area contributed by atoms with E-state index in [0.717, 1.165) is 95.2 Å². The van der Waals surface area contributed by atoms with E-state index in [1.165, 1.54) is 4.90 Å². The first-order chi connectivity index (χ1) is 29.1. The predicted molar refractivity (Wildman–Crippen MR) is 234 cm³/mol. The number of halogens is 5. The van der Waals surface area contributed by atoms with Crippen molar-refractivity contribution < 1.29 is 22.0 Å². The molecule has 0 aromatic heterocycles. The summed E-state index contributed by atoms with van der Waals surface area (Å²) in [5.74, 6) is -9.68. The zero-order valence-electron chi connectivity index (χ0n) is 33.0. The van der Waals surface area contributed by atoms with Gasteiger partial charge in [-0.15, -0.1) is 0 Å². The van der Waals surface area contributed by atoms with E-state index >= 15 is 8.78 Å². The second-order valence-electron chi connectivity index (χ2n) is 16.9. The van der Waals surface area contributed by atoms with E-state index < -0.39 is 45.7 Å². The van der Waals surface area contributed by atoms with Crippen LogP contribution in [0, 0.1) is 29.1 Å². The number of nitrogens with zero attached hydrogens (tertiary/aromatic N) is 1. The monoisotopic (exact) mass is 795 g/mol. The number of benzene rings is 9. The van der Waals surface area contributed by atoms with Gasteiger partial charge in [0.05, 0.1) is 5.54 Å². The highest BCUT2D eigenvalue weighted by molar-refractivity contribution is 6.32. The first kappa shape index (κ1) is 36.5. The first-order valence-corrected chi connectivity index (χ1v) is 20.5. The van der Waals surface area contributed by atoms with Gasteiger partial charge in [0.1, 0.15) is 5.69 Å². The Morgan fingerprint density at radius 1 is 0.417 bits per heavy atom. The molecule has 2 atom stereocenters. The van der Waals surface area contributed by atoms with Crippen LogP contribution < -0.4 is 4.90 Å². The van der Waals surface area contributed by atoms with E-state index in [0.29, 0.717) is 18.5 Å². The second kappa shape index (κ2) is 13.2. The summed E-state index contributed by atoms with van der Waals surface area (Å²) in [6.07, 6.45) is 2.82. The first-order valence-electron chi connectivity index (χ1n) is 20.5. The quantitative estimate of drug-likeness (QED) is 0.0726. The van der Waals surface area contributed by atoms with Gasteiger partial charge < -0.3 is 4.90 Å². The van der Waals surface area contributed by atoms with Crippen molar-refractivity contribution in [2.24, 2.45) is 0 Å². The Labute approximate surface area is 344 Å². The lowest BCUT2D eigenvalue weighted by atomic mass is 9.61. The lowest BCUT2D eigenvalue weighted by molar-refractivity contribution is 0.192. The van der Waals surface area contributed by atoms with Crippen LogP contribution in [0.5, 0.6) is 0 Å². The molecule has 0 amide bonds. The van der Waals surface area contributed by atoms with Gasteiger partial charge in [0.2, 0.25) is 5.82 Å². The minimum Gasteiger partial charge on any atom is -0.329 e. The van der Waals surface area contributed by atoms with Gasteiger partial charge in [-0.3, -0.25) is 0 Å². The van der Waals surface area contributed by atoms with Crippen LogP contribution in [0.3, 0.4) is 0 Å². The SMILES string of the molecule is CC12CCCCC1(C)N(c1c(F)c(F)c(F)c(F)c1F)c1ccc(-c3cc(-c4ccccc4)c4ccc5c(-c6ccccc6)cc(-c6ccccc6)c6ccc3c4c56)cc12. The molecule has 1 aliphatic heterocycles. The zero-order chi connectivity index (χ0) is 41.1. The summed E-state index contributed by atoms with van der Waals surface area (Å²) < 4.78 is 75.9. The Bertz CT molecular complexity index is 3090. The third-order valence-corrected chi connectivity index (χ3v) is 14.0. The lowest BCUT2D eigenvalue weighted by Gasteiger charge is -2.50. The lowest BCUT2D eigenvalue weighted by Crippen LogP contribution is -2.55. The van der Waals surface area contributed by atoms with E-state index in [1.807, 2.05) is 49.4 Å². The topological polar surface area (TPSA) is 3.24 Å². The second-order valence-corrected chi connectivity index (χ2v) is 16.9. The molecule has 6 heteroatoms. The molecule has 2 unspecified atom stereocenters. The van der Waals surface area contributed by atoms with E-state index in [1.54, 1.807) is 0 Å². The predicted octanol–water partition coefficient (Wildman–Crippen LogP) is 15.7. The number of fused-ring (bicyclic) bond motifs is 3. The van der Waals surface area contributed by atoms with Crippen molar-refractivity contribution in [3.8, 4) is 44.5 Å². The minimum absolute atomic E-state index is 0.454. The molecule has 1 heterocycles. The highest BCUT2D eigenvalue weighted by atomic mass is 19.2. The molecule has 11 rings (SSSR count). The van der Waals surface area contributed by atoms with Gasteiger partial charge in [-0.05, 0) is 126 Å². The van der Waals surface area contributed by atoms with Crippen molar-refractivity contribution in [2.75, 3.05) is 4.90 Å². The van der Waals surface area contributed by atoms with Crippen LogP contribution in [0.1, 0.15) is 45.1 Å². The standard InChI is InChI=1S/C54H38F5N/c1-53-26-12-13-27-54(53,2)60(52-50(58)48(56)47(55)49(57)51(52)59)44-25-20-34(28-43(44)53)42-30-41(33-18-10-5-11-19-33)37-22-21-35-39(31-14-6-3-7-15-31)29-40(32-16-8-4-9-17-32)36-23-24-38(42)46(37)45(35)36/h3-11,14-25,28-30H,12-13,26-27H2,1-2H3. The van der Waals surface area contributed by atoms with Gasteiger partial charge in [-0.2, -0.15) is 0 Å². The average molecular weight is 796 g/mol. The van der Waals surface area contributed by atoms with Crippen molar-refractivity contribution >= 4 is 43.7 Å². The Kier molecular flexibility index (Phi) is 8.06. The largest absolute Gasteiger partial charge is 0.329 e. The molecule has 0 saturated heterocycles. The Morgan fingerprint density at radius 3 is 1.27 bits per heavy atom. The Morgan fingerprint density at radius 2 is 0.817 bits per heavy atom. The highest BCUT2D eigenvalue weighted by Gasteiger charge is 2.59. The Hall–Kier alpha value is -6.53. The summed E-state index contributed by atoms with van der Waals surface area (Å²) in [7, 11) is 0. The molecule has 1 nitrogen and oxygen atoms in total. The van der Waals surface area contributed by atoms with Crippen LogP contribution >= 0.6 is 0 Å². The normalized spacial score (nSPS) is 18.8. The van der Waals surface area contributed by atoms with Crippen molar-refractivity contribution in [1.29, 1.82) is 0 Å². The molecule has 294 valence electrons. The minimum atomic E-state index is -2.16. The van der Waals surface area contributed by atoms with E-state index in [4.69, 9.17) is 0 Å². The maximum atomic E-state index is 15.8. The summed E-state index contributed by atoms with van der Waals surface area (Å²) in [5.41, 5.74) is 7.29. The molecule has 9 aromatic carbocycles. The third-order valence-electron chi connectivity index (χ3n) is 14.0. The van der Waals surface area contributed by atoms with Crippen LogP contribution in [0.15, 0.2) is 146 Å². The summed E-state index contributed by atoms with van der Waals surface area (Å²) in [4.78, 5) is 1.41. The molecule has 1 aliphatic carbocycles. The molecule has 1 saturated carbocycles. The fraction of sp³-hybridized carbons (Fsp3) is 0.148. The number of hydrogen-bond acceptors (Lipinski definition) is 1. The van der Waals surface area contributed by atoms with Crippen molar-refractivity contribution in [3.63, 3.8) is 0 Å².